The van der Waals surface area contributed by atoms with Crippen molar-refractivity contribution in [2.24, 2.45) is 0 Å². The minimum Gasteiger partial charge on any atom is -0.493 e. The fourth-order valence-corrected chi connectivity index (χ4v) is 1.55. The average molecular weight is 182 g/mol. The molecule has 1 aliphatic heterocycles. The molecule has 0 amide bonds. The van der Waals surface area contributed by atoms with Crippen LogP contribution in [-0.2, 0) is 5.60 Å². The SMILES string of the molecule is CC1(O)CCOc2cc(F)ccc21. The fourth-order valence-electron chi connectivity index (χ4n) is 1.55. The first kappa shape index (κ1) is 8.51. The molecular weight excluding hydrogens is 171 g/mol. The molecule has 1 aliphatic rings. The van der Waals surface area contributed by atoms with Crippen molar-refractivity contribution in [2.75, 3.05) is 6.61 Å². The minimum atomic E-state index is -0.888. The fraction of sp³-hybridized carbons (Fsp3) is 0.400. The van der Waals surface area contributed by atoms with Crippen molar-refractivity contribution in [3.63, 3.8) is 0 Å². The van der Waals surface area contributed by atoms with Crippen LogP contribution in [-0.4, -0.2) is 11.7 Å². The number of rotatable bonds is 0. The first-order chi connectivity index (χ1) is 6.09. The highest BCUT2D eigenvalue weighted by molar-refractivity contribution is 5.39. The van der Waals surface area contributed by atoms with Crippen LogP contribution in [0.4, 0.5) is 4.39 Å². The van der Waals surface area contributed by atoms with Crippen molar-refractivity contribution in [1.82, 2.24) is 0 Å². The maximum absolute atomic E-state index is 12.8. The van der Waals surface area contributed by atoms with Gasteiger partial charge in [0, 0.05) is 18.1 Å². The summed E-state index contributed by atoms with van der Waals surface area (Å²) in [7, 11) is 0. The molecule has 0 bridgehead atoms. The Morgan fingerprint density at radius 3 is 3.08 bits per heavy atom. The third-order valence-electron chi connectivity index (χ3n) is 2.37. The molecule has 70 valence electrons. The van der Waals surface area contributed by atoms with Gasteiger partial charge in [-0.2, -0.15) is 0 Å². The topological polar surface area (TPSA) is 29.5 Å². The Kier molecular flexibility index (Phi) is 1.77. The Balaban J connectivity index is 2.53. The van der Waals surface area contributed by atoms with Gasteiger partial charge in [0.1, 0.15) is 11.6 Å². The Bertz CT molecular complexity index is 334. The molecule has 0 aromatic heterocycles. The Labute approximate surface area is 76.0 Å². The van der Waals surface area contributed by atoms with E-state index in [-0.39, 0.29) is 5.82 Å². The predicted molar refractivity (Wildman–Crippen MR) is 46.1 cm³/mol. The third kappa shape index (κ3) is 1.40. The normalized spacial score (nSPS) is 26.4. The summed E-state index contributed by atoms with van der Waals surface area (Å²) in [6.45, 7) is 2.15. The Morgan fingerprint density at radius 1 is 1.54 bits per heavy atom. The van der Waals surface area contributed by atoms with Gasteiger partial charge in [-0.05, 0) is 19.1 Å². The maximum atomic E-state index is 12.8. The molecule has 13 heavy (non-hydrogen) atoms. The smallest absolute Gasteiger partial charge is 0.128 e. The van der Waals surface area contributed by atoms with Gasteiger partial charge >= 0.3 is 0 Å². The molecule has 1 N–H and O–H groups in total. The Morgan fingerprint density at radius 2 is 2.31 bits per heavy atom. The van der Waals surface area contributed by atoms with Crippen LogP contribution < -0.4 is 4.74 Å². The Hall–Kier alpha value is -1.09. The summed E-state index contributed by atoms with van der Waals surface area (Å²) in [4.78, 5) is 0. The van der Waals surface area contributed by atoms with Gasteiger partial charge in [0.25, 0.3) is 0 Å². The summed E-state index contributed by atoms with van der Waals surface area (Å²) in [5.41, 5.74) is -0.221. The summed E-state index contributed by atoms with van der Waals surface area (Å²) in [6, 6.07) is 4.22. The molecule has 0 fully saturated rings. The number of benzene rings is 1. The van der Waals surface area contributed by atoms with Crippen LogP contribution in [0.15, 0.2) is 18.2 Å². The van der Waals surface area contributed by atoms with Crippen LogP contribution in [0.1, 0.15) is 18.9 Å². The number of aliphatic hydroxyl groups is 1. The molecule has 0 saturated carbocycles. The second-order valence-corrected chi connectivity index (χ2v) is 3.51. The number of hydrogen-bond donors (Lipinski definition) is 1. The zero-order valence-electron chi connectivity index (χ0n) is 7.38. The van der Waals surface area contributed by atoms with Crippen LogP contribution in [0.2, 0.25) is 0 Å². The molecular formula is C10H11FO2. The molecule has 2 nitrogen and oxygen atoms in total. The van der Waals surface area contributed by atoms with E-state index in [9.17, 15) is 9.50 Å². The largest absolute Gasteiger partial charge is 0.493 e. The number of halogens is 1. The summed E-state index contributed by atoms with van der Waals surface area (Å²) in [5, 5.41) is 9.92. The quantitative estimate of drug-likeness (QED) is 0.663. The first-order valence-electron chi connectivity index (χ1n) is 4.25. The summed E-state index contributed by atoms with van der Waals surface area (Å²) >= 11 is 0. The van der Waals surface area contributed by atoms with E-state index >= 15 is 0 Å². The first-order valence-corrected chi connectivity index (χ1v) is 4.25. The van der Waals surface area contributed by atoms with Gasteiger partial charge in [0.05, 0.1) is 12.2 Å². The molecule has 1 aromatic carbocycles. The molecule has 1 atom stereocenters. The summed E-state index contributed by atoms with van der Waals surface area (Å²) in [6.07, 6.45) is 0.547. The van der Waals surface area contributed by atoms with Crippen molar-refractivity contribution in [2.45, 2.75) is 18.9 Å². The zero-order valence-corrected chi connectivity index (χ0v) is 7.38. The lowest BCUT2D eigenvalue weighted by Gasteiger charge is -2.30. The highest BCUT2D eigenvalue weighted by Gasteiger charge is 2.30. The summed E-state index contributed by atoms with van der Waals surface area (Å²) in [5.74, 6) is 0.118. The number of fused-ring (bicyclic) bond motifs is 1. The van der Waals surface area contributed by atoms with E-state index in [4.69, 9.17) is 4.74 Å². The van der Waals surface area contributed by atoms with Gasteiger partial charge in [-0.3, -0.25) is 0 Å². The van der Waals surface area contributed by atoms with Crippen LogP contribution in [0.5, 0.6) is 5.75 Å². The molecule has 0 radical (unpaired) electrons. The molecule has 2 rings (SSSR count). The van der Waals surface area contributed by atoms with Crippen LogP contribution in [0.3, 0.4) is 0 Å². The van der Waals surface area contributed by atoms with Crippen molar-refractivity contribution < 1.29 is 14.2 Å². The van der Waals surface area contributed by atoms with Crippen molar-refractivity contribution in [3.05, 3.63) is 29.6 Å². The van der Waals surface area contributed by atoms with Crippen LogP contribution >= 0.6 is 0 Å². The van der Waals surface area contributed by atoms with E-state index in [2.05, 4.69) is 0 Å². The van der Waals surface area contributed by atoms with E-state index in [0.29, 0.717) is 24.3 Å². The molecule has 1 heterocycles. The van der Waals surface area contributed by atoms with Gasteiger partial charge in [-0.1, -0.05) is 0 Å². The van der Waals surface area contributed by atoms with Gasteiger partial charge in [0.2, 0.25) is 0 Å². The molecule has 1 aromatic rings. The summed E-state index contributed by atoms with van der Waals surface area (Å²) < 4.78 is 18.0. The van der Waals surface area contributed by atoms with Crippen molar-refractivity contribution >= 4 is 0 Å². The maximum Gasteiger partial charge on any atom is 0.128 e. The van der Waals surface area contributed by atoms with E-state index in [0.717, 1.165) is 0 Å². The minimum absolute atomic E-state index is 0.337. The highest BCUT2D eigenvalue weighted by Crippen LogP contribution is 2.36. The molecule has 3 heteroatoms. The molecule has 1 unspecified atom stereocenters. The second-order valence-electron chi connectivity index (χ2n) is 3.51. The predicted octanol–water partition coefficient (Wildman–Crippen LogP) is 1.82. The monoisotopic (exact) mass is 182 g/mol. The van der Waals surface area contributed by atoms with Gasteiger partial charge in [0.15, 0.2) is 0 Å². The van der Waals surface area contributed by atoms with Gasteiger partial charge in [-0.15, -0.1) is 0 Å². The van der Waals surface area contributed by atoms with Crippen LogP contribution in [0.25, 0.3) is 0 Å². The third-order valence-corrected chi connectivity index (χ3v) is 2.37. The van der Waals surface area contributed by atoms with E-state index in [1.54, 1.807) is 13.0 Å². The molecule has 0 aliphatic carbocycles. The standard InChI is InChI=1S/C10H11FO2/c1-10(12)4-5-13-9-6-7(11)2-3-8(9)10/h2-3,6,12H,4-5H2,1H3. The second kappa shape index (κ2) is 2.70. The molecule has 0 spiro atoms. The van der Waals surface area contributed by atoms with E-state index < -0.39 is 5.60 Å². The lowest BCUT2D eigenvalue weighted by Crippen LogP contribution is -2.29. The van der Waals surface area contributed by atoms with Crippen LogP contribution in [0, 0.1) is 5.82 Å². The van der Waals surface area contributed by atoms with Crippen molar-refractivity contribution in [1.29, 1.82) is 0 Å². The lowest BCUT2D eigenvalue weighted by atomic mass is 9.90. The average Bonchev–Trinajstić information content (AvgIpc) is 2.02. The van der Waals surface area contributed by atoms with E-state index in [1.165, 1.54) is 12.1 Å². The number of hydrogen-bond acceptors (Lipinski definition) is 2. The van der Waals surface area contributed by atoms with Gasteiger partial charge < -0.3 is 9.84 Å². The van der Waals surface area contributed by atoms with Crippen molar-refractivity contribution in [3.8, 4) is 5.75 Å². The highest BCUT2D eigenvalue weighted by atomic mass is 19.1. The zero-order chi connectivity index (χ0) is 9.47. The lowest BCUT2D eigenvalue weighted by molar-refractivity contribution is 0.0145. The number of ether oxygens (including phenoxy) is 1. The van der Waals surface area contributed by atoms with E-state index in [1.807, 2.05) is 0 Å². The molecule has 0 saturated heterocycles. The van der Waals surface area contributed by atoms with Gasteiger partial charge in [-0.25, -0.2) is 4.39 Å².